The molecule has 3 nitrogen and oxygen atoms in total. The maximum Gasteiger partial charge on any atom is 0.160 e. The molecule has 1 atom stereocenters. The SMILES string of the molecule is CC1(C(=O)Cc2ccco2)CCCN1. The first-order chi connectivity index (χ1) is 6.71. The Kier molecular flexibility index (Phi) is 2.42. The van der Waals surface area contributed by atoms with Crippen molar-refractivity contribution in [1.82, 2.24) is 5.32 Å². The Morgan fingerprint density at radius 3 is 3.14 bits per heavy atom. The van der Waals surface area contributed by atoms with Gasteiger partial charge in [-0.05, 0) is 38.4 Å². The molecule has 0 amide bonds. The number of carbonyl (C=O) groups is 1. The molecule has 1 aliphatic heterocycles. The van der Waals surface area contributed by atoms with E-state index in [0.717, 1.165) is 25.1 Å². The molecule has 0 aliphatic carbocycles. The van der Waals surface area contributed by atoms with Crippen LogP contribution in [0.5, 0.6) is 0 Å². The molecule has 2 rings (SSSR count). The van der Waals surface area contributed by atoms with Crippen LogP contribution in [-0.2, 0) is 11.2 Å². The number of furan rings is 1. The molecule has 0 spiro atoms. The van der Waals surface area contributed by atoms with E-state index in [1.807, 2.05) is 19.1 Å². The van der Waals surface area contributed by atoms with Gasteiger partial charge in [-0.3, -0.25) is 4.79 Å². The van der Waals surface area contributed by atoms with Crippen LogP contribution in [0.4, 0.5) is 0 Å². The Morgan fingerprint density at radius 2 is 2.57 bits per heavy atom. The van der Waals surface area contributed by atoms with Crippen molar-refractivity contribution in [2.24, 2.45) is 0 Å². The zero-order valence-corrected chi connectivity index (χ0v) is 8.38. The third-order valence-corrected chi connectivity index (χ3v) is 2.90. The Bertz CT molecular complexity index is 310. The van der Waals surface area contributed by atoms with Gasteiger partial charge in [-0.15, -0.1) is 0 Å². The maximum absolute atomic E-state index is 11.9. The molecule has 1 N–H and O–H groups in total. The fourth-order valence-electron chi connectivity index (χ4n) is 1.90. The van der Waals surface area contributed by atoms with Crippen molar-refractivity contribution < 1.29 is 9.21 Å². The summed E-state index contributed by atoms with van der Waals surface area (Å²) in [6.07, 6.45) is 4.02. The van der Waals surface area contributed by atoms with Crippen LogP contribution in [0.3, 0.4) is 0 Å². The molecule has 76 valence electrons. The molecule has 0 aromatic carbocycles. The van der Waals surface area contributed by atoms with E-state index in [-0.39, 0.29) is 11.3 Å². The van der Waals surface area contributed by atoms with Crippen LogP contribution in [0.1, 0.15) is 25.5 Å². The van der Waals surface area contributed by atoms with Gasteiger partial charge in [-0.1, -0.05) is 0 Å². The highest BCUT2D eigenvalue weighted by molar-refractivity contribution is 5.89. The average molecular weight is 193 g/mol. The first-order valence-corrected chi connectivity index (χ1v) is 5.01. The van der Waals surface area contributed by atoms with Crippen molar-refractivity contribution in [3.05, 3.63) is 24.2 Å². The van der Waals surface area contributed by atoms with E-state index in [2.05, 4.69) is 5.32 Å². The second-order valence-corrected chi connectivity index (χ2v) is 4.04. The third-order valence-electron chi connectivity index (χ3n) is 2.90. The highest BCUT2D eigenvalue weighted by Gasteiger charge is 2.35. The molecule has 1 aliphatic rings. The van der Waals surface area contributed by atoms with E-state index in [4.69, 9.17) is 4.42 Å². The highest BCUT2D eigenvalue weighted by Crippen LogP contribution is 2.21. The Labute approximate surface area is 83.5 Å². The van der Waals surface area contributed by atoms with Gasteiger partial charge in [0, 0.05) is 0 Å². The van der Waals surface area contributed by atoms with Crippen LogP contribution in [0.2, 0.25) is 0 Å². The normalized spacial score (nSPS) is 26.6. The second-order valence-electron chi connectivity index (χ2n) is 4.04. The van der Waals surface area contributed by atoms with Crippen molar-refractivity contribution in [3.8, 4) is 0 Å². The van der Waals surface area contributed by atoms with Crippen LogP contribution in [0, 0.1) is 0 Å². The predicted molar refractivity (Wildman–Crippen MR) is 53.1 cm³/mol. The lowest BCUT2D eigenvalue weighted by Crippen LogP contribution is -2.45. The molecule has 0 saturated carbocycles. The van der Waals surface area contributed by atoms with E-state index in [1.54, 1.807) is 6.26 Å². The Balaban J connectivity index is 2.02. The molecule has 2 heterocycles. The lowest BCUT2D eigenvalue weighted by Gasteiger charge is -2.21. The number of Topliss-reactive ketones (excluding diaryl/α,β-unsaturated/α-hetero) is 1. The van der Waals surface area contributed by atoms with Gasteiger partial charge in [0.2, 0.25) is 0 Å². The maximum atomic E-state index is 11.9. The van der Waals surface area contributed by atoms with Gasteiger partial charge in [0.05, 0.1) is 18.2 Å². The molecule has 3 heteroatoms. The summed E-state index contributed by atoms with van der Waals surface area (Å²) in [7, 11) is 0. The Morgan fingerprint density at radius 1 is 1.71 bits per heavy atom. The topological polar surface area (TPSA) is 42.2 Å². The lowest BCUT2D eigenvalue weighted by molar-refractivity contribution is -0.123. The average Bonchev–Trinajstić information content (AvgIpc) is 2.76. The summed E-state index contributed by atoms with van der Waals surface area (Å²) in [4.78, 5) is 11.9. The molecular formula is C11H15NO2. The van der Waals surface area contributed by atoms with Gasteiger partial charge in [0.25, 0.3) is 0 Å². The quantitative estimate of drug-likeness (QED) is 0.791. The molecular weight excluding hydrogens is 178 g/mol. The molecule has 1 saturated heterocycles. The summed E-state index contributed by atoms with van der Waals surface area (Å²) in [6.45, 7) is 2.92. The van der Waals surface area contributed by atoms with Gasteiger partial charge < -0.3 is 9.73 Å². The summed E-state index contributed by atoms with van der Waals surface area (Å²) in [5.41, 5.74) is -0.327. The Hall–Kier alpha value is -1.09. The molecule has 1 aromatic heterocycles. The summed E-state index contributed by atoms with van der Waals surface area (Å²) in [6, 6.07) is 3.66. The number of rotatable bonds is 3. The van der Waals surface area contributed by atoms with Crippen LogP contribution in [0.15, 0.2) is 22.8 Å². The fraction of sp³-hybridized carbons (Fsp3) is 0.545. The van der Waals surface area contributed by atoms with E-state index >= 15 is 0 Å². The minimum atomic E-state index is -0.327. The van der Waals surface area contributed by atoms with Crippen LogP contribution in [0.25, 0.3) is 0 Å². The van der Waals surface area contributed by atoms with Crippen molar-refractivity contribution >= 4 is 5.78 Å². The predicted octanol–water partition coefficient (Wildman–Crippen LogP) is 1.53. The summed E-state index contributed by atoms with van der Waals surface area (Å²) in [5.74, 6) is 0.981. The standard InChI is InChI=1S/C11H15NO2/c1-11(5-3-6-12-11)10(13)8-9-4-2-7-14-9/h2,4,7,12H,3,5-6,8H2,1H3. The fourth-order valence-corrected chi connectivity index (χ4v) is 1.90. The van der Waals surface area contributed by atoms with E-state index in [9.17, 15) is 4.79 Å². The number of ketones is 1. The lowest BCUT2D eigenvalue weighted by atomic mass is 9.92. The molecule has 1 fully saturated rings. The smallest absolute Gasteiger partial charge is 0.160 e. The molecule has 14 heavy (non-hydrogen) atoms. The molecule has 1 unspecified atom stereocenters. The number of hydrogen-bond acceptors (Lipinski definition) is 3. The van der Waals surface area contributed by atoms with Gasteiger partial charge in [0.15, 0.2) is 5.78 Å². The number of carbonyl (C=O) groups excluding carboxylic acids is 1. The first-order valence-electron chi connectivity index (χ1n) is 5.01. The summed E-state index contributed by atoms with van der Waals surface area (Å²) >= 11 is 0. The van der Waals surface area contributed by atoms with E-state index < -0.39 is 0 Å². The van der Waals surface area contributed by atoms with Gasteiger partial charge in [-0.2, -0.15) is 0 Å². The van der Waals surface area contributed by atoms with Crippen molar-refractivity contribution in [1.29, 1.82) is 0 Å². The van der Waals surface area contributed by atoms with Gasteiger partial charge >= 0.3 is 0 Å². The largest absolute Gasteiger partial charge is 0.469 e. The minimum Gasteiger partial charge on any atom is -0.469 e. The van der Waals surface area contributed by atoms with Crippen LogP contribution in [-0.4, -0.2) is 17.9 Å². The second kappa shape index (κ2) is 3.58. The zero-order valence-electron chi connectivity index (χ0n) is 8.38. The van der Waals surface area contributed by atoms with E-state index in [0.29, 0.717) is 6.42 Å². The van der Waals surface area contributed by atoms with Gasteiger partial charge in [-0.25, -0.2) is 0 Å². The molecule has 0 radical (unpaired) electrons. The summed E-state index contributed by atoms with van der Waals surface area (Å²) in [5, 5.41) is 3.25. The van der Waals surface area contributed by atoms with Crippen LogP contribution >= 0.6 is 0 Å². The first kappa shape index (κ1) is 9.46. The van der Waals surface area contributed by atoms with Gasteiger partial charge in [0.1, 0.15) is 5.76 Å². The van der Waals surface area contributed by atoms with Crippen LogP contribution < -0.4 is 5.32 Å². The number of hydrogen-bond donors (Lipinski definition) is 1. The minimum absolute atomic E-state index is 0.227. The third kappa shape index (κ3) is 1.73. The van der Waals surface area contributed by atoms with Crippen molar-refractivity contribution in [2.75, 3.05) is 6.54 Å². The molecule has 1 aromatic rings. The zero-order chi connectivity index (χ0) is 10.0. The monoisotopic (exact) mass is 193 g/mol. The summed E-state index contributed by atoms with van der Waals surface area (Å²) < 4.78 is 5.16. The van der Waals surface area contributed by atoms with Crippen molar-refractivity contribution in [3.63, 3.8) is 0 Å². The highest BCUT2D eigenvalue weighted by atomic mass is 16.3. The molecule has 0 bridgehead atoms. The number of nitrogens with one attached hydrogen (secondary N) is 1. The van der Waals surface area contributed by atoms with Crippen molar-refractivity contribution in [2.45, 2.75) is 31.7 Å². The van der Waals surface area contributed by atoms with E-state index in [1.165, 1.54) is 0 Å².